The molecule has 0 amide bonds. The first-order valence-corrected chi connectivity index (χ1v) is 16.7. The van der Waals surface area contributed by atoms with Gasteiger partial charge in [0.25, 0.3) is 0 Å². The van der Waals surface area contributed by atoms with Crippen molar-refractivity contribution in [3.8, 4) is 28.7 Å². The standard InChI is InChI=1S/C44H31N3O2/c1-3-13-29(14-4-1)36-27-37(46-44(45-36)30-15-5-2-6-16-30)31-17-11-18-32(26-31)47-38-21-10-9-20-34(38)35-23-25-40-43(41(35)47)49-39-24-22-28-12-7-8-19-33(28)42(39)48-40/h1-27,36,44-46H. The van der Waals surface area contributed by atoms with E-state index in [0.717, 1.165) is 61.0 Å². The van der Waals surface area contributed by atoms with Crippen LogP contribution in [0, 0.1) is 0 Å². The van der Waals surface area contributed by atoms with Crippen molar-refractivity contribution in [3.05, 3.63) is 180 Å². The summed E-state index contributed by atoms with van der Waals surface area (Å²) in [4.78, 5) is 0. The van der Waals surface area contributed by atoms with E-state index >= 15 is 0 Å². The zero-order chi connectivity index (χ0) is 32.3. The molecule has 1 aromatic heterocycles. The molecule has 2 atom stereocenters. The molecule has 0 radical (unpaired) electrons. The van der Waals surface area contributed by atoms with Crippen LogP contribution in [0.1, 0.15) is 28.9 Å². The lowest BCUT2D eigenvalue weighted by Crippen LogP contribution is -2.39. The average molecular weight is 634 g/mol. The Hall–Kier alpha value is -6.30. The molecule has 2 aliphatic heterocycles. The minimum atomic E-state index is -0.0583. The van der Waals surface area contributed by atoms with Crippen LogP contribution in [0.5, 0.6) is 23.0 Å². The van der Waals surface area contributed by atoms with Crippen molar-refractivity contribution < 1.29 is 9.47 Å². The predicted octanol–water partition coefficient (Wildman–Crippen LogP) is 10.8. The summed E-state index contributed by atoms with van der Waals surface area (Å²) in [5.74, 6) is 2.89. The van der Waals surface area contributed by atoms with E-state index in [4.69, 9.17) is 9.47 Å². The molecule has 2 unspecified atom stereocenters. The Labute approximate surface area is 283 Å². The number of hydrogen-bond acceptors (Lipinski definition) is 4. The molecule has 7 aromatic carbocycles. The number of nitrogens with one attached hydrogen (secondary N) is 2. The normalized spacial score (nSPS) is 16.7. The molecule has 2 aliphatic rings. The van der Waals surface area contributed by atoms with Crippen LogP contribution in [0.25, 0.3) is 44.0 Å². The minimum Gasteiger partial charge on any atom is -0.449 e. The number of fused-ring (bicyclic) bond motifs is 8. The Bertz CT molecular complexity index is 2570. The van der Waals surface area contributed by atoms with Gasteiger partial charge in [-0.05, 0) is 64.6 Å². The lowest BCUT2D eigenvalue weighted by atomic mass is 9.98. The van der Waals surface area contributed by atoms with Gasteiger partial charge in [0, 0.05) is 27.5 Å². The third kappa shape index (κ3) is 4.59. The minimum absolute atomic E-state index is 0.0354. The fraction of sp³-hybridized carbons (Fsp3) is 0.0455. The van der Waals surface area contributed by atoms with Crippen molar-refractivity contribution in [2.45, 2.75) is 12.2 Å². The van der Waals surface area contributed by atoms with Gasteiger partial charge in [-0.25, -0.2) is 0 Å². The zero-order valence-corrected chi connectivity index (χ0v) is 26.5. The molecule has 0 saturated heterocycles. The van der Waals surface area contributed by atoms with Crippen LogP contribution >= 0.6 is 0 Å². The molecule has 0 bridgehead atoms. The van der Waals surface area contributed by atoms with E-state index in [2.05, 4.69) is 155 Å². The fourth-order valence-electron chi connectivity index (χ4n) is 7.39. The lowest BCUT2D eigenvalue weighted by molar-refractivity contribution is 0.366. The highest BCUT2D eigenvalue weighted by atomic mass is 16.6. The van der Waals surface area contributed by atoms with Gasteiger partial charge in [0.05, 0.1) is 11.6 Å². The average Bonchev–Trinajstić information content (AvgIpc) is 3.53. The summed E-state index contributed by atoms with van der Waals surface area (Å²) in [6, 6.07) is 55.1. The maximum Gasteiger partial charge on any atom is 0.194 e. The van der Waals surface area contributed by atoms with Crippen LogP contribution in [0.3, 0.4) is 0 Å². The summed E-state index contributed by atoms with van der Waals surface area (Å²) in [6.07, 6.45) is 2.23. The highest BCUT2D eigenvalue weighted by Crippen LogP contribution is 2.52. The third-order valence-corrected chi connectivity index (χ3v) is 9.71. The molecular weight excluding hydrogens is 603 g/mol. The zero-order valence-electron chi connectivity index (χ0n) is 26.5. The Morgan fingerprint density at radius 1 is 0.531 bits per heavy atom. The largest absolute Gasteiger partial charge is 0.449 e. The third-order valence-electron chi connectivity index (χ3n) is 9.71. The molecule has 8 aromatic rings. The predicted molar refractivity (Wildman–Crippen MR) is 197 cm³/mol. The van der Waals surface area contributed by atoms with E-state index in [1.165, 1.54) is 11.1 Å². The van der Waals surface area contributed by atoms with Gasteiger partial charge in [0.2, 0.25) is 0 Å². The Morgan fingerprint density at radius 2 is 1.22 bits per heavy atom. The van der Waals surface area contributed by atoms with E-state index in [1.54, 1.807) is 0 Å². The molecule has 0 aliphatic carbocycles. The van der Waals surface area contributed by atoms with Crippen LogP contribution in [-0.4, -0.2) is 4.57 Å². The quantitative estimate of drug-likeness (QED) is 0.202. The van der Waals surface area contributed by atoms with Gasteiger partial charge in [0.1, 0.15) is 11.7 Å². The molecule has 5 nitrogen and oxygen atoms in total. The highest BCUT2D eigenvalue weighted by molar-refractivity contribution is 6.12. The molecule has 0 spiro atoms. The SMILES string of the molecule is C1=C(c2cccc(-n3c4ccccc4c4ccc5c(c43)Oc3ccc4ccccc4c3O5)c2)NC(c2ccccc2)NC1c1ccccc1. The first-order chi connectivity index (χ1) is 24.3. The second-order valence-electron chi connectivity index (χ2n) is 12.6. The second-order valence-corrected chi connectivity index (χ2v) is 12.6. The van der Waals surface area contributed by atoms with Crippen molar-refractivity contribution in [3.63, 3.8) is 0 Å². The van der Waals surface area contributed by atoms with Crippen LogP contribution in [0.2, 0.25) is 0 Å². The van der Waals surface area contributed by atoms with E-state index < -0.39 is 0 Å². The van der Waals surface area contributed by atoms with Gasteiger partial charge < -0.3 is 19.4 Å². The van der Waals surface area contributed by atoms with E-state index in [9.17, 15) is 0 Å². The van der Waals surface area contributed by atoms with Crippen molar-refractivity contribution in [2.24, 2.45) is 0 Å². The van der Waals surface area contributed by atoms with Crippen molar-refractivity contribution in [2.75, 3.05) is 0 Å². The van der Waals surface area contributed by atoms with Gasteiger partial charge in [-0.15, -0.1) is 0 Å². The maximum absolute atomic E-state index is 6.79. The maximum atomic E-state index is 6.79. The molecule has 3 heterocycles. The number of hydrogen-bond donors (Lipinski definition) is 2. The van der Waals surface area contributed by atoms with Gasteiger partial charge in [-0.2, -0.15) is 0 Å². The summed E-state index contributed by atoms with van der Waals surface area (Å²) < 4.78 is 15.7. The molecule has 5 heteroatoms. The lowest BCUT2D eigenvalue weighted by Gasteiger charge is -2.33. The molecule has 10 rings (SSSR count). The molecule has 2 N–H and O–H groups in total. The summed E-state index contributed by atoms with van der Waals surface area (Å²) in [5, 5.41) is 12.0. The van der Waals surface area contributed by atoms with Crippen molar-refractivity contribution >= 4 is 38.3 Å². The van der Waals surface area contributed by atoms with Crippen LogP contribution < -0.4 is 20.1 Å². The van der Waals surface area contributed by atoms with Crippen molar-refractivity contribution in [1.82, 2.24) is 15.2 Å². The topological polar surface area (TPSA) is 47.5 Å². The number of para-hydroxylation sites is 1. The van der Waals surface area contributed by atoms with Crippen LogP contribution in [-0.2, 0) is 0 Å². The molecule has 0 fully saturated rings. The first kappa shape index (κ1) is 27.8. The smallest absolute Gasteiger partial charge is 0.194 e. The van der Waals surface area contributed by atoms with E-state index in [0.29, 0.717) is 11.5 Å². The van der Waals surface area contributed by atoms with Gasteiger partial charge in [-0.1, -0.05) is 121 Å². The Morgan fingerprint density at radius 3 is 2.08 bits per heavy atom. The number of benzene rings is 7. The summed E-state index contributed by atoms with van der Waals surface area (Å²) in [5.41, 5.74) is 7.71. The summed E-state index contributed by atoms with van der Waals surface area (Å²) in [7, 11) is 0. The van der Waals surface area contributed by atoms with Crippen LogP contribution in [0.15, 0.2) is 164 Å². The van der Waals surface area contributed by atoms with Gasteiger partial charge in [0.15, 0.2) is 23.0 Å². The Kier molecular flexibility index (Phi) is 6.32. The van der Waals surface area contributed by atoms with E-state index in [1.807, 2.05) is 24.3 Å². The number of nitrogens with zero attached hydrogens (tertiary/aromatic N) is 1. The van der Waals surface area contributed by atoms with Gasteiger partial charge in [-0.3, -0.25) is 5.32 Å². The number of aromatic nitrogens is 1. The highest BCUT2D eigenvalue weighted by Gasteiger charge is 2.28. The monoisotopic (exact) mass is 633 g/mol. The second kappa shape index (κ2) is 11.2. The number of ether oxygens (including phenoxy) is 2. The van der Waals surface area contributed by atoms with E-state index in [-0.39, 0.29) is 12.2 Å². The Balaban J connectivity index is 1.13. The van der Waals surface area contributed by atoms with Gasteiger partial charge >= 0.3 is 0 Å². The molecular formula is C44H31N3O2. The fourth-order valence-corrected chi connectivity index (χ4v) is 7.39. The first-order valence-electron chi connectivity index (χ1n) is 16.7. The molecule has 234 valence electrons. The van der Waals surface area contributed by atoms with Crippen LogP contribution in [0.4, 0.5) is 0 Å². The summed E-state index contributed by atoms with van der Waals surface area (Å²) >= 11 is 0. The summed E-state index contributed by atoms with van der Waals surface area (Å²) in [6.45, 7) is 0. The molecule has 0 saturated carbocycles. The molecule has 49 heavy (non-hydrogen) atoms. The number of rotatable bonds is 4. The van der Waals surface area contributed by atoms with Crippen molar-refractivity contribution in [1.29, 1.82) is 0 Å².